The van der Waals surface area contributed by atoms with E-state index in [2.05, 4.69) is 39.1 Å². The van der Waals surface area contributed by atoms with Crippen molar-refractivity contribution in [3.63, 3.8) is 0 Å². The van der Waals surface area contributed by atoms with E-state index in [0.29, 0.717) is 17.9 Å². The van der Waals surface area contributed by atoms with E-state index < -0.39 is 0 Å². The number of hydrogen-bond acceptors (Lipinski definition) is 2. The van der Waals surface area contributed by atoms with Crippen LogP contribution < -0.4 is 5.32 Å². The van der Waals surface area contributed by atoms with Gasteiger partial charge in [0, 0.05) is 11.7 Å². The molecule has 0 amide bonds. The standard InChI is InChI=1S/C16H27NO/c1-12(2)8-16(9-13(3)4)17-15-7-5-6-14(10-15)11-18/h5-7,10,12-13,16-18H,8-9,11H2,1-4H3. The minimum atomic E-state index is 0.106. The van der Waals surface area contributed by atoms with E-state index in [4.69, 9.17) is 5.11 Å². The smallest absolute Gasteiger partial charge is 0.0682 e. The van der Waals surface area contributed by atoms with E-state index in [-0.39, 0.29) is 6.61 Å². The number of benzene rings is 1. The number of aliphatic hydroxyl groups excluding tert-OH is 1. The van der Waals surface area contributed by atoms with E-state index in [9.17, 15) is 0 Å². The number of hydrogen-bond donors (Lipinski definition) is 2. The van der Waals surface area contributed by atoms with Crippen molar-refractivity contribution in [3.8, 4) is 0 Å². The molecule has 18 heavy (non-hydrogen) atoms. The molecule has 0 saturated carbocycles. The van der Waals surface area contributed by atoms with Gasteiger partial charge >= 0.3 is 0 Å². The van der Waals surface area contributed by atoms with Crippen LogP contribution in [-0.2, 0) is 6.61 Å². The average Bonchev–Trinajstić information content (AvgIpc) is 2.27. The van der Waals surface area contributed by atoms with Crippen LogP contribution in [-0.4, -0.2) is 11.1 Å². The summed E-state index contributed by atoms with van der Waals surface area (Å²) in [6.45, 7) is 9.16. The van der Waals surface area contributed by atoms with E-state index in [1.807, 2.05) is 18.2 Å². The molecule has 0 radical (unpaired) electrons. The first-order valence-electron chi connectivity index (χ1n) is 6.97. The highest BCUT2D eigenvalue weighted by Crippen LogP contribution is 2.19. The minimum absolute atomic E-state index is 0.106. The molecule has 2 heteroatoms. The summed E-state index contributed by atoms with van der Waals surface area (Å²) in [5.41, 5.74) is 2.08. The molecule has 0 aliphatic carbocycles. The molecule has 1 aromatic carbocycles. The molecule has 1 rings (SSSR count). The highest BCUT2D eigenvalue weighted by molar-refractivity contribution is 5.46. The van der Waals surface area contributed by atoms with Crippen molar-refractivity contribution >= 4 is 5.69 Å². The lowest BCUT2D eigenvalue weighted by Gasteiger charge is -2.23. The predicted molar refractivity (Wildman–Crippen MR) is 78.7 cm³/mol. The van der Waals surface area contributed by atoms with Crippen molar-refractivity contribution < 1.29 is 5.11 Å². The van der Waals surface area contributed by atoms with E-state index in [1.54, 1.807) is 0 Å². The highest BCUT2D eigenvalue weighted by atomic mass is 16.3. The summed E-state index contributed by atoms with van der Waals surface area (Å²) in [5.74, 6) is 1.39. The van der Waals surface area contributed by atoms with Gasteiger partial charge in [-0.3, -0.25) is 0 Å². The fourth-order valence-electron chi connectivity index (χ4n) is 2.35. The molecule has 1 aromatic rings. The van der Waals surface area contributed by atoms with Crippen LogP contribution in [0.1, 0.15) is 46.1 Å². The first-order chi connectivity index (χ1) is 8.51. The molecule has 2 nitrogen and oxygen atoms in total. The van der Waals surface area contributed by atoms with Gasteiger partial charge in [0.1, 0.15) is 0 Å². The third-order valence-corrected chi connectivity index (χ3v) is 2.99. The average molecular weight is 249 g/mol. The summed E-state index contributed by atoms with van der Waals surface area (Å²) in [6.07, 6.45) is 2.36. The molecule has 2 N–H and O–H groups in total. The van der Waals surface area contributed by atoms with Gasteiger partial charge < -0.3 is 10.4 Å². The molecular formula is C16H27NO. The molecule has 0 aromatic heterocycles. The maximum atomic E-state index is 9.16. The minimum Gasteiger partial charge on any atom is -0.392 e. The highest BCUT2D eigenvalue weighted by Gasteiger charge is 2.12. The SMILES string of the molecule is CC(C)CC(CC(C)C)Nc1cccc(CO)c1. The Morgan fingerprint density at radius 3 is 2.17 bits per heavy atom. The van der Waals surface area contributed by atoms with Crippen molar-refractivity contribution in [1.29, 1.82) is 0 Å². The van der Waals surface area contributed by atoms with Crippen LogP contribution in [0.4, 0.5) is 5.69 Å². The summed E-state index contributed by atoms with van der Waals surface area (Å²) in [4.78, 5) is 0. The van der Waals surface area contributed by atoms with Crippen LogP contribution in [0, 0.1) is 11.8 Å². The zero-order chi connectivity index (χ0) is 13.5. The largest absolute Gasteiger partial charge is 0.392 e. The molecule has 102 valence electrons. The monoisotopic (exact) mass is 249 g/mol. The first-order valence-corrected chi connectivity index (χ1v) is 6.97. The van der Waals surface area contributed by atoms with Crippen LogP contribution in [0.15, 0.2) is 24.3 Å². The number of aliphatic hydroxyl groups is 1. The molecule has 0 fully saturated rings. The second kappa shape index (κ2) is 7.42. The van der Waals surface area contributed by atoms with Crippen molar-refractivity contribution in [2.24, 2.45) is 11.8 Å². The Morgan fingerprint density at radius 2 is 1.67 bits per heavy atom. The number of nitrogens with one attached hydrogen (secondary N) is 1. The molecular weight excluding hydrogens is 222 g/mol. The summed E-state index contributed by atoms with van der Waals surface area (Å²) in [6, 6.07) is 8.57. The summed E-state index contributed by atoms with van der Waals surface area (Å²) in [7, 11) is 0. The topological polar surface area (TPSA) is 32.3 Å². The lowest BCUT2D eigenvalue weighted by atomic mass is 9.95. The van der Waals surface area contributed by atoms with Gasteiger partial charge in [-0.2, -0.15) is 0 Å². The van der Waals surface area contributed by atoms with Gasteiger partial charge in [0.05, 0.1) is 6.61 Å². The maximum Gasteiger partial charge on any atom is 0.0682 e. The lowest BCUT2D eigenvalue weighted by molar-refractivity contribution is 0.282. The maximum absolute atomic E-state index is 9.16. The van der Waals surface area contributed by atoms with Gasteiger partial charge in [0.15, 0.2) is 0 Å². The molecule has 0 saturated heterocycles. The number of rotatable bonds is 7. The van der Waals surface area contributed by atoms with Crippen molar-refractivity contribution in [2.75, 3.05) is 5.32 Å². The van der Waals surface area contributed by atoms with Gasteiger partial charge in [-0.25, -0.2) is 0 Å². The van der Waals surface area contributed by atoms with E-state index in [0.717, 1.165) is 11.3 Å². The van der Waals surface area contributed by atoms with Gasteiger partial charge in [-0.15, -0.1) is 0 Å². The van der Waals surface area contributed by atoms with Crippen molar-refractivity contribution in [2.45, 2.75) is 53.2 Å². The van der Waals surface area contributed by atoms with Crippen LogP contribution >= 0.6 is 0 Å². The summed E-state index contributed by atoms with van der Waals surface area (Å²) in [5, 5.41) is 12.8. The van der Waals surface area contributed by atoms with Gasteiger partial charge in [-0.05, 0) is 42.4 Å². The lowest BCUT2D eigenvalue weighted by Crippen LogP contribution is -2.23. The Bertz CT molecular complexity index is 337. The van der Waals surface area contributed by atoms with Crippen LogP contribution in [0.2, 0.25) is 0 Å². The molecule has 0 spiro atoms. The third kappa shape index (κ3) is 5.54. The quantitative estimate of drug-likeness (QED) is 0.764. The molecule has 0 atom stereocenters. The molecule has 0 unspecified atom stereocenters. The molecule has 0 heterocycles. The molecule has 0 bridgehead atoms. The van der Waals surface area contributed by atoms with Gasteiger partial charge in [-0.1, -0.05) is 39.8 Å². The second-order valence-corrected chi connectivity index (χ2v) is 5.96. The Labute approximate surface area is 111 Å². The fourth-order valence-corrected chi connectivity index (χ4v) is 2.35. The molecule has 0 aliphatic rings. The third-order valence-electron chi connectivity index (χ3n) is 2.99. The van der Waals surface area contributed by atoms with Crippen molar-refractivity contribution in [3.05, 3.63) is 29.8 Å². The van der Waals surface area contributed by atoms with E-state index in [1.165, 1.54) is 12.8 Å². The zero-order valence-electron chi connectivity index (χ0n) is 12.1. The Hall–Kier alpha value is -1.02. The molecule has 0 aliphatic heterocycles. The first kappa shape index (κ1) is 15.0. The number of anilines is 1. The zero-order valence-corrected chi connectivity index (χ0v) is 12.1. The Kier molecular flexibility index (Phi) is 6.20. The van der Waals surface area contributed by atoms with Crippen LogP contribution in [0.25, 0.3) is 0 Å². The Balaban J connectivity index is 2.68. The summed E-state index contributed by atoms with van der Waals surface area (Å²) >= 11 is 0. The Morgan fingerprint density at radius 1 is 1.06 bits per heavy atom. The normalized spacial score (nSPS) is 11.6. The fraction of sp³-hybridized carbons (Fsp3) is 0.625. The van der Waals surface area contributed by atoms with Gasteiger partial charge in [0.25, 0.3) is 0 Å². The second-order valence-electron chi connectivity index (χ2n) is 5.96. The van der Waals surface area contributed by atoms with E-state index >= 15 is 0 Å². The predicted octanol–water partition coefficient (Wildman–Crippen LogP) is 4.05. The van der Waals surface area contributed by atoms with Crippen LogP contribution in [0.5, 0.6) is 0 Å². The van der Waals surface area contributed by atoms with Gasteiger partial charge in [0.2, 0.25) is 0 Å². The van der Waals surface area contributed by atoms with Crippen LogP contribution in [0.3, 0.4) is 0 Å². The summed E-state index contributed by atoms with van der Waals surface area (Å²) < 4.78 is 0. The van der Waals surface area contributed by atoms with Crippen molar-refractivity contribution in [1.82, 2.24) is 0 Å².